The van der Waals surface area contributed by atoms with Crippen molar-refractivity contribution in [3.63, 3.8) is 0 Å². The largest absolute Gasteiger partial charge is 0.481 e. The van der Waals surface area contributed by atoms with Crippen LogP contribution in [0.4, 0.5) is 0 Å². The Hall–Kier alpha value is -2.16. The molecule has 4 atom stereocenters. The molecule has 9 heteroatoms. The Kier molecular flexibility index (Phi) is 3.86. The van der Waals surface area contributed by atoms with Crippen molar-refractivity contribution >= 4 is 23.9 Å². The van der Waals surface area contributed by atoms with Gasteiger partial charge in [-0.25, -0.2) is 9.59 Å². The molecule has 1 aliphatic heterocycles. The Balaban J connectivity index is 3.06. The number of hydrogen-bond donors (Lipinski definition) is 4. The molecule has 0 aromatic heterocycles. The van der Waals surface area contributed by atoms with Crippen molar-refractivity contribution in [1.29, 1.82) is 0 Å². The van der Waals surface area contributed by atoms with Crippen molar-refractivity contribution in [3.05, 3.63) is 0 Å². The molecular weight excluding hydrogens is 252 g/mol. The first-order chi connectivity index (χ1) is 8.25. The summed E-state index contributed by atoms with van der Waals surface area (Å²) in [6.45, 7) is 0. The molecule has 1 heterocycles. The van der Waals surface area contributed by atoms with E-state index in [0.717, 1.165) is 0 Å². The molecule has 0 amide bonds. The predicted molar refractivity (Wildman–Crippen MR) is 50.8 cm³/mol. The molecule has 18 heavy (non-hydrogen) atoms. The van der Waals surface area contributed by atoms with Gasteiger partial charge in [0, 0.05) is 0 Å². The van der Waals surface area contributed by atoms with Gasteiger partial charge in [0.25, 0.3) is 0 Å². The number of ether oxygens (including phenoxy) is 1. The first-order valence-corrected chi connectivity index (χ1v) is 4.82. The zero-order valence-electron chi connectivity index (χ0n) is 8.85. The number of rotatable bonds is 4. The minimum Gasteiger partial charge on any atom is -0.481 e. The van der Waals surface area contributed by atoms with Crippen LogP contribution in [-0.2, 0) is 23.9 Å². The molecule has 0 aromatic carbocycles. The minimum absolute atomic E-state index is 0.612. The van der Waals surface area contributed by atoms with Gasteiger partial charge in [-0.1, -0.05) is 0 Å². The lowest BCUT2D eigenvalue weighted by molar-refractivity contribution is -0.197. The van der Waals surface area contributed by atoms with Crippen LogP contribution in [-0.4, -0.2) is 56.5 Å². The molecule has 0 saturated carbocycles. The van der Waals surface area contributed by atoms with Gasteiger partial charge in [0.1, 0.15) is 0 Å². The van der Waals surface area contributed by atoms with E-state index in [2.05, 4.69) is 4.74 Å². The van der Waals surface area contributed by atoms with E-state index in [1.165, 1.54) is 0 Å². The molecule has 1 rings (SSSR count). The molecule has 0 radical (unpaired) electrons. The maximum absolute atomic E-state index is 10.8. The lowest BCUT2D eigenvalue weighted by atomic mass is 9.83. The van der Waals surface area contributed by atoms with E-state index in [1.54, 1.807) is 0 Å². The van der Waals surface area contributed by atoms with Gasteiger partial charge >= 0.3 is 23.9 Å². The lowest BCUT2D eigenvalue weighted by Crippen LogP contribution is -2.52. The summed E-state index contributed by atoms with van der Waals surface area (Å²) in [6.07, 6.45) is -4.36. The third-order valence-corrected chi connectivity index (χ3v) is 2.65. The molecular formula is C9H10O9. The van der Waals surface area contributed by atoms with Crippen molar-refractivity contribution in [2.75, 3.05) is 0 Å². The van der Waals surface area contributed by atoms with Crippen LogP contribution in [0.25, 0.3) is 0 Å². The topological polar surface area (TPSA) is 158 Å². The molecule has 0 spiro atoms. The summed E-state index contributed by atoms with van der Waals surface area (Å²) in [5, 5.41) is 35.1. The van der Waals surface area contributed by atoms with Gasteiger partial charge in [-0.05, 0) is 6.42 Å². The highest BCUT2D eigenvalue weighted by molar-refractivity contribution is 5.87. The standard InChI is InChI=1S/C9H10O9/c10-6(11)2-1-3(7(12)13)5(9(16)17)18-4(2)8(14)15/h2-5H,1H2,(H,10,11)(H,12,13)(H,14,15)(H,16,17)/t2-,3?,4?,5?/m1/s1. The molecule has 1 aliphatic rings. The van der Waals surface area contributed by atoms with Crippen LogP contribution in [0.5, 0.6) is 0 Å². The highest BCUT2D eigenvalue weighted by Crippen LogP contribution is 2.31. The average Bonchev–Trinajstić information content (AvgIpc) is 2.26. The quantitative estimate of drug-likeness (QED) is 0.483. The van der Waals surface area contributed by atoms with Gasteiger partial charge in [0.2, 0.25) is 0 Å². The Morgan fingerprint density at radius 2 is 1.06 bits per heavy atom. The summed E-state index contributed by atoms with van der Waals surface area (Å²) in [5.74, 6) is -9.57. The summed E-state index contributed by atoms with van der Waals surface area (Å²) in [7, 11) is 0. The molecule has 3 unspecified atom stereocenters. The zero-order chi connectivity index (χ0) is 14.0. The zero-order valence-corrected chi connectivity index (χ0v) is 8.85. The molecule has 0 aliphatic carbocycles. The number of aliphatic carboxylic acids is 4. The van der Waals surface area contributed by atoms with Crippen molar-refractivity contribution in [3.8, 4) is 0 Å². The van der Waals surface area contributed by atoms with E-state index in [1.807, 2.05) is 0 Å². The van der Waals surface area contributed by atoms with Crippen LogP contribution in [0.2, 0.25) is 0 Å². The summed E-state index contributed by atoms with van der Waals surface area (Å²) in [4.78, 5) is 43.2. The van der Waals surface area contributed by atoms with E-state index in [4.69, 9.17) is 20.4 Å². The van der Waals surface area contributed by atoms with Crippen molar-refractivity contribution in [2.24, 2.45) is 11.8 Å². The molecule has 0 aromatic rings. The van der Waals surface area contributed by atoms with Crippen LogP contribution in [0.1, 0.15) is 6.42 Å². The Morgan fingerprint density at radius 1 is 0.722 bits per heavy atom. The van der Waals surface area contributed by atoms with Crippen LogP contribution in [0.3, 0.4) is 0 Å². The van der Waals surface area contributed by atoms with Gasteiger partial charge in [-0.2, -0.15) is 0 Å². The molecule has 0 bridgehead atoms. The lowest BCUT2D eigenvalue weighted by Gasteiger charge is -2.33. The van der Waals surface area contributed by atoms with Gasteiger partial charge in [0.05, 0.1) is 11.8 Å². The third kappa shape index (κ3) is 2.56. The average molecular weight is 262 g/mol. The summed E-state index contributed by atoms with van der Waals surface area (Å²) in [6, 6.07) is 0. The van der Waals surface area contributed by atoms with E-state index < -0.39 is 54.3 Å². The second-order valence-electron chi connectivity index (χ2n) is 3.78. The SMILES string of the molecule is O=C(O)C1C[C@@H](C(=O)O)C(C(=O)O)OC1C(=O)O. The van der Waals surface area contributed by atoms with Crippen LogP contribution in [0, 0.1) is 11.8 Å². The van der Waals surface area contributed by atoms with E-state index in [9.17, 15) is 19.2 Å². The Labute approximate surface area is 99.6 Å². The number of hydrogen-bond acceptors (Lipinski definition) is 5. The predicted octanol–water partition coefficient (Wildman–Crippen LogP) is -1.29. The monoisotopic (exact) mass is 262 g/mol. The second-order valence-corrected chi connectivity index (χ2v) is 3.78. The summed E-state index contributed by atoms with van der Waals surface area (Å²) >= 11 is 0. The summed E-state index contributed by atoms with van der Waals surface area (Å²) < 4.78 is 4.60. The normalized spacial score (nSPS) is 31.6. The van der Waals surface area contributed by atoms with Crippen LogP contribution in [0.15, 0.2) is 0 Å². The molecule has 1 saturated heterocycles. The molecule has 4 N–H and O–H groups in total. The fourth-order valence-corrected chi connectivity index (χ4v) is 1.79. The van der Waals surface area contributed by atoms with Gasteiger partial charge in [0.15, 0.2) is 12.2 Å². The highest BCUT2D eigenvalue weighted by atomic mass is 16.5. The molecule has 1 fully saturated rings. The third-order valence-electron chi connectivity index (χ3n) is 2.65. The van der Waals surface area contributed by atoms with Gasteiger partial charge in [-0.3, -0.25) is 9.59 Å². The Bertz CT molecular complexity index is 327. The van der Waals surface area contributed by atoms with Gasteiger partial charge in [-0.15, -0.1) is 0 Å². The fraction of sp³-hybridized carbons (Fsp3) is 0.556. The molecule has 9 nitrogen and oxygen atoms in total. The smallest absolute Gasteiger partial charge is 0.333 e. The number of carboxylic acid groups (broad SMARTS) is 4. The summed E-state index contributed by atoms with van der Waals surface area (Å²) in [5.41, 5.74) is 0. The first kappa shape index (κ1) is 13.9. The van der Waals surface area contributed by atoms with Crippen molar-refractivity contribution in [2.45, 2.75) is 18.6 Å². The van der Waals surface area contributed by atoms with Gasteiger partial charge < -0.3 is 25.2 Å². The number of carboxylic acids is 4. The Morgan fingerprint density at radius 3 is 1.28 bits per heavy atom. The van der Waals surface area contributed by atoms with E-state index in [0.29, 0.717) is 0 Å². The minimum atomic E-state index is -1.88. The highest BCUT2D eigenvalue weighted by Gasteiger charge is 2.50. The maximum Gasteiger partial charge on any atom is 0.333 e. The number of carbonyl (C=O) groups is 4. The molecule has 100 valence electrons. The fourth-order valence-electron chi connectivity index (χ4n) is 1.79. The van der Waals surface area contributed by atoms with E-state index >= 15 is 0 Å². The maximum atomic E-state index is 10.8. The van der Waals surface area contributed by atoms with Crippen molar-refractivity contribution < 1.29 is 44.3 Å². The van der Waals surface area contributed by atoms with E-state index in [-0.39, 0.29) is 0 Å². The second kappa shape index (κ2) is 5.00. The van der Waals surface area contributed by atoms with Crippen molar-refractivity contribution in [1.82, 2.24) is 0 Å². The van der Waals surface area contributed by atoms with Crippen LogP contribution >= 0.6 is 0 Å². The van der Waals surface area contributed by atoms with Crippen LogP contribution < -0.4 is 0 Å². The first-order valence-electron chi connectivity index (χ1n) is 4.82.